The molecule has 3 fully saturated rings. The van der Waals surface area contributed by atoms with Crippen molar-refractivity contribution in [1.82, 2.24) is 15.1 Å². The van der Waals surface area contributed by atoms with Gasteiger partial charge >= 0.3 is 0 Å². The first-order valence-corrected chi connectivity index (χ1v) is 7.36. The Hall–Kier alpha value is -1.43. The molecule has 3 aliphatic heterocycles. The Bertz CT molecular complexity index is 455. The number of hydrogen-bond donors (Lipinski definition) is 1. The molecule has 20 heavy (non-hydrogen) atoms. The van der Waals surface area contributed by atoms with Crippen LogP contribution in [-0.4, -0.2) is 60.2 Å². The molecular weight excluding hydrogens is 258 g/mol. The number of likely N-dealkylation sites (tertiary alicyclic amines) is 2. The van der Waals surface area contributed by atoms with Crippen molar-refractivity contribution in [2.24, 2.45) is 5.41 Å². The molecule has 3 amide bonds. The molecule has 3 saturated heterocycles. The van der Waals surface area contributed by atoms with Gasteiger partial charge in [0.2, 0.25) is 17.7 Å². The maximum atomic E-state index is 12.8. The van der Waals surface area contributed by atoms with Crippen LogP contribution in [0.2, 0.25) is 0 Å². The Labute approximate surface area is 118 Å². The number of rotatable bonds is 1. The molecular formula is C14H21N3O3. The summed E-state index contributed by atoms with van der Waals surface area (Å²) in [6, 6.07) is -0.581. The molecule has 0 aromatic rings. The summed E-state index contributed by atoms with van der Waals surface area (Å²) in [6.07, 6.45) is 3.14. The lowest BCUT2D eigenvalue weighted by molar-refractivity contribution is -0.150. The molecule has 6 nitrogen and oxygen atoms in total. The fourth-order valence-electron chi connectivity index (χ4n) is 3.57. The summed E-state index contributed by atoms with van der Waals surface area (Å²) in [7, 11) is 2.03. The summed E-state index contributed by atoms with van der Waals surface area (Å²) in [5.41, 5.74) is -0.540. The number of piperidine rings is 2. The lowest BCUT2D eigenvalue weighted by Gasteiger charge is -2.36. The fraction of sp³-hybridized carbons (Fsp3) is 0.786. The number of nitrogens with one attached hydrogen (secondary N) is 1. The van der Waals surface area contributed by atoms with Crippen LogP contribution in [0.4, 0.5) is 0 Å². The van der Waals surface area contributed by atoms with Crippen LogP contribution in [0, 0.1) is 5.41 Å². The van der Waals surface area contributed by atoms with Crippen LogP contribution >= 0.6 is 0 Å². The zero-order valence-electron chi connectivity index (χ0n) is 11.9. The van der Waals surface area contributed by atoms with Crippen LogP contribution in [0.25, 0.3) is 0 Å². The van der Waals surface area contributed by atoms with E-state index in [2.05, 4.69) is 10.2 Å². The number of hydrogen-bond acceptors (Lipinski definition) is 4. The van der Waals surface area contributed by atoms with Crippen molar-refractivity contribution in [3.63, 3.8) is 0 Å². The third-order valence-electron chi connectivity index (χ3n) is 4.94. The zero-order valence-corrected chi connectivity index (χ0v) is 11.9. The van der Waals surface area contributed by atoms with E-state index in [9.17, 15) is 14.4 Å². The van der Waals surface area contributed by atoms with Gasteiger partial charge in [-0.2, -0.15) is 0 Å². The van der Waals surface area contributed by atoms with Crippen molar-refractivity contribution in [3.05, 3.63) is 0 Å². The average Bonchev–Trinajstić information content (AvgIpc) is 2.66. The van der Waals surface area contributed by atoms with Gasteiger partial charge < -0.3 is 10.2 Å². The van der Waals surface area contributed by atoms with E-state index in [-0.39, 0.29) is 24.1 Å². The van der Waals surface area contributed by atoms with Gasteiger partial charge in [0.05, 0.1) is 5.41 Å². The summed E-state index contributed by atoms with van der Waals surface area (Å²) in [5, 5.41) is 2.76. The number of carbonyl (C=O) groups is 3. The first-order chi connectivity index (χ1) is 9.53. The number of nitrogens with zero attached hydrogens (tertiary/aromatic N) is 2. The fourth-order valence-corrected chi connectivity index (χ4v) is 3.57. The first-order valence-electron chi connectivity index (χ1n) is 7.36. The van der Waals surface area contributed by atoms with Gasteiger partial charge in [0.1, 0.15) is 6.04 Å². The Morgan fingerprint density at radius 3 is 2.55 bits per heavy atom. The topological polar surface area (TPSA) is 69.7 Å². The van der Waals surface area contributed by atoms with E-state index in [1.165, 1.54) is 4.90 Å². The molecule has 0 saturated carbocycles. The first kappa shape index (κ1) is 13.5. The van der Waals surface area contributed by atoms with Gasteiger partial charge in [0.25, 0.3) is 0 Å². The number of carbonyl (C=O) groups excluding carboxylic acids is 3. The molecule has 1 N–H and O–H groups in total. The summed E-state index contributed by atoms with van der Waals surface area (Å²) in [6.45, 7) is 2.31. The lowest BCUT2D eigenvalue weighted by Crippen LogP contribution is -2.54. The van der Waals surface area contributed by atoms with Crippen molar-refractivity contribution in [2.75, 3.05) is 26.7 Å². The summed E-state index contributed by atoms with van der Waals surface area (Å²) >= 11 is 0. The third-order valence-corrected chi connectivity index (χ3v) is 4.94. The Balaban J connectivity index is 1.81. The standard InChI is InChI=1S/C14H21N3O3/c1-16-7-4-14(5-8-16)9-11(18)17(13(14)20)10-3-2-6-15-12(10)19/h10H,2-9H2,1H3,(H,15,19). The molecule has 3 aliphatic rings. The highest BCUT2D eigenvalue weighted by molar-refractivity contribution is 6.09. The highest BCUT2D eigenvalue weighted by atomic mass is 16.2. The summed E-state index contributed by atoms with van der Waals surface area (Å²) in [5.74, 6) is -0.456. The summed E-state index contributed by atoms with van der Waals surface area (Å²) in [4.78, 5) is 40.4. The molecule has 0 aliphatic carbocycles. The van der Waals surface area contributed by atoms with E-state index in [4.69, 9.17) is 0 Å². The molecule has 6 heteroatoms. The molecule has 1 unspecified atom stereocenters. The Morgan fingerprint density at radius 2 is 1.90 bits per heavy atom. The third kappa shape index (κ3) is 2.02. The van der Waals surface area contributed by atoms with Gasteiger partial charge in [0, 0.05) is 13.0 Å². The van der Waals surface area contributed by atoms with E-state index in [0.29, 0.717) is 13.0 Å². The smallest absolute Gasteiger partial charge is 0.243 e. The summed E-state index contributed by atoms with van der Waals surface area (Å²) < 4.78 is 0. The van der Waals surface area contributed by atoms with Crippen LogP contribution in [0.3, 0.4) is 0 Å². The van der Waals surface area contributed by atoms with Gasteiger partial charge in [-0.3, -0.25) is 19.3 Å². The van der Waals surface area contributed by atoms with Crippen molar-refractivity contribution < 1.29 is 14.4 Å². The Morgan fingerprint density at radius 1 is 1.20 bits per heavy atom. The normalized spacial score (nSPS) is 30.9. The van der Waals surface area contributed by atoms with Crippen LogP contribution < -0.4 is 5.32 Å². The second-order valence-corrected chi connectivity index (χ2v) is 6.28. The largest absolute Gasteiger partial charge is 0.354 e. The monoisotopic (exact) mass is 279 g/mol. The van der Waals surface area contributed by atoms with E-state index in [1.807, 2.05) is 7.05 Å². The van der Waals surface area contributed by atoms with Crippen molar-refractivity contribution >= 4 is 17.7 Å². The van der Waals surface area contributed by atoms with Crippen molar-refractivity contribution in [2.45, 2.75) is 38.1 Å². The van der Waals surface area contributed by atoms with E-state index in [0.717, 1.165) is 32.4 Å². The zero-order chi connectivity index (χ0) is 14.3. The molecule has 0 aromatic heterocycles. The quantitative estimate of drug-likeness (QED) is 0.671. The molecule has 0 bridgehead atoms. The van der Waals surface area contributed by atoms with Gasteiger partial charge in [-0.05, 0) is 45.8 Å². The van der Waals surface area contributed by atoms with Crippen LogP contribution in [0.15, 0.2) is 0 Å². The SMILES string of the molecule is CN1CCC2(CC1)CC(=O)N(C1CCCNC1=O)C2=O. The number of amides is 3. The van der Waals surface area contributed by atoms with Gasteiger partial charge in [-0.1, -0.05) is 0 Å². The number of imide groups is 1. The van der Waals surface area contributed by atoms with Crippen molar-refractivity contribution in [3.8, 4) is 0 Å². The highest BCUT2D eigenvalue weighted by Gasteiger charge is 2.55. The van der Waals surface area contributed by atoms with Crippen LogP contribution in [-0.2, 0) is 14.4 Å². The molecule has 0 radical (unpaired) electrons. The molecule has 110 valence electrons. The predicted molar refractivity (Wildman–Crippen MR) is 71.7 cm³/mol. The Kier molecular flexibility index (Phi) is 3.28. The molecule has 3 rings (SSSR count). The van der Waals surface area contributed by atoms with E-state index in [1.54, 1.807) is 0 Å². The molecule has 1 atom stereocenters. The maximum Gasteiger partial charge on any atom is 0.243 e. The minimum atomic E-state index is -0.581. The molecule has 1 spiro atoms. The van der Waals surface area contributed by atoms with Gasteiger partial charge in [0.15, 0.2) is 0 Å². The lowest BCUT2D eigenvalue weighted by atomic mass is 9.77. The second kappa shape index (κ2) is 4.84. The minimum Gasteiger partial charge on any atom is -0.354 e. The van der Waals surface area contributed by atoms with Crippen LogP contribution in [0.5, 0.6) is 0 Å². The second-order valence-electron chi connectivity index (χ2n) is 6.28. The molecule has 0 aromatic carbocycles. The minimum absolute atomic E-state index is 0.113. The molecule has 3 heterocycles. The van der Waals surface area contributed by atoms with Crippen LogP contribution in [0.1, 0.15) is 32.1 Å². The highest BCUT2D eigenvalue weighted by Crippen LogP contribution is 2.43. The average molecular weight is 279 g/mol. The predicted octanol–water partition coefficient (Wildman–Crippen LogP) is -0.264. The van der Waals surface area contributed by atoms with Gasteiger partial charge in [-0.15, -0.1) is 0 Å². The van der Waals surface area contributed by atoms with Gasteiger partial charge in [-0.25, -0.2) is 0 Å². The van der Waals surface area contributed by atoms with E-state index < -0.39 is 11.5 Å². The maximum absolute atomic E-state index is 12.8. The van der Waals surface area contributed by atoms with E-state index >= 15 is 0 Å². The van der Waals surface area contributed by atoms with Crippen molar-refractivity contribution in [1.29, 1.82) is 0 Å².